The molecule has 0 bridgehead atoms. The van der Waals surface area contributed by atoms with Gasteiger partial charge in [0.2, 0.25) is 0 Å². The Hall–Kier alpha value is -2.10. The molecule has 0 unspecified atom stereocenters. The van der Waals surface area contributed by atoms with Gasteiger partial charge in [0.1, 0.15) is 0 Å². The number of benzene rings is 2. The van der Waals surface area contributed by atoms with Crippen molar-refractivity contribution in [2.24, 2.45) is 0 Å². The Bertz CT molecular complexity index is 575. The minimum absolute atomic E-state index is 0.716. The van der Waals surface area contributed by atoms with Gasteiger partial charge in [-0.2, -0.15) is 0 Å². The number of hydrogen-bond acceptors (Lipinski definition) is 3. The van der Waals surface area contributed by atoms with Crippen LogP contribution in [0.3, 0.4) is 0 Å². The maximum Gasteiger partial charge on any atom is 0.155 e. The second kappa shape index (κ2) is 7.07. The average Bonchev–Trinajstić information content (AvgIpc) is 2.57. The molecule has 1 aliphatic rings. The Kier molecular flexibility index (Phi) is 4.66. The number of rotatable bonds is 4. The summed E-state index contributed by atoms with van der Waals surface area (Å²) < 4.78 is 5.36. The van der Waals surface area contributed by atoms with E-state index in [4.69, 9.17) is 9.57 Å². The van der Waals surface area contributed by atoms with E-state index in [-0.39, 0.29) is 0 Å². The zero-order valence-electron chi connectivity index (χ0n) is 11.9. The first-order chi connectivity index (χ1) is 10.4. The quantitative estimate of drug-likeness (QED) is 0.633. The van der Waals surface area contributed by atoms with Crippen molar-refractivity contribution in [2.75, 3.05) is 26.3 Å². The van der Waals surface area contributed by atoms with Crippen molar-refractivity contribution in [3.8, 4) is 0 Å². The number of morpholine rings is 1. The number of ether oxygens (including phenoxy) is 1. The van der Waals surface area contributed by atoms with Crippen LogP contribution in [0.2, 0.25) is 0 Å². The highest BCUT2D eigenvalue weighted by Gasteiger charge is 2.14. The summed E-state index contributed by atoms with van der Waals surface area (Å²) in [5, 5.41) is 1.96. The Morgan fingerprint density at radius 2 is 1.52 bits per heavy atom. The molecule has 0 amide bonds. The van der Waals surface area contributed by atoms with Crippen molar-refractivity contribution in [3.63, 3.8) is 0 Å². The summed E-state index contributed by atoms with van der Waals surface area (Å²) in [6, 6.07) is 20.4. The molecule has 108 valence electrons. The highest BCUT2D eigenvalue weighted by atomic mass is 16.7. The first-order valence-electron chi connectivity index (χ1n) is 7.25. The summed E-state index contributed by atoms with van der Waals surface area (Å²) in [4.78, 5) is 6.10. The van der Waals surface area contributed by atoms with Gasteiger partial charge in [0.25, 0.3) is 0 Å². The predicted molar refractivity (Wildman–Crippen MR) is 84.2 cm³/mol. The molecule has 1 aliphatic heterocycles. The highest BCUT2D eigenvalue weighted by Crippen LogP contribution is 2.21. The maximum absolute atomic E-state index is 6.10. The molecule has 0 aliphatic carbocycles. The molecular formula is C18H19NO2. The second-order valence-corrected chi connectivity index (χ2v) is 4.92. The first kappa shape index (κ1) is 13.9. The zero-order chi connectivity index (χ0) is 14.3. The van der Waals surface area contributed by atoms with Gasteiger partial charge in [0.15, 0.2) is 5.76 Å². The van der Waals surface area contributed by atoms with Crippen LogP contribution in [0.4, 0.5) is 0 Å². The van der Waals surface area contributed by atoms with Gasteiger partial charge in [-0.3, -0.25) is 0 Å². The Labute approximate surface area is 125 Å². The number of hydrogen-bond donors (Lipinski definition) is 0. The van der Waals surface area contributed by atoms with Crippen LogP contribution in [0, 0.1) is 0 Å². The molecule has 2 aromatic rings. The number of hydroxylamine groups is 2. The van der Waals surface area contributed by atoms with Crippen molar-refractivity contribution in [2.45, 2.75) is 0 Å². The smallest absolute Gasteiger partial charge is 0.155 e. The monoisotopic (exact) mass is 281 g/mol. The molecule has 1 heterocycles. The zero-order valence-corrected chi connectivity index (χ0v) is 11.9. The molecule has 2 aromatic carbocycles. The largest absolute Gasteiger partial charge is 0.405 e. The summed E-state index contributed by atoms with van der Waals surface area (Å²) >= 11 is 0. The van der Waals surface area contributed by atoms with E-state index in [1.54, 1.807) is 0 Å². The van der Waals surface area contributed by atoms with Gasteiger partial charge in [0.05, 0.1) is 26.3 Å². The van der Waals surface area contributed by atoms with Gasteiger partial charge in [-0.25, -0.2) is 0 Å². The third-order valence-electron chi connectivity index (χ3n) is 3.35. The summed E-state index contributed by atoms with van der Waals surface area (Å²) in [6.45, 7) is 3.01. The van der Waals surface area contributed by atoms with E-state index in [1.807, 2.05) is 41.5 Å². The molecule has 0 radical (unpaired) electrons. The summed E-state index contributed by atoms with van der Waals surface area (Å²) in [5.41, 5.74) is 2.21. The molecule has 0 aromatic heterocycles. The summed E-state index contributed by atoms with van der Waals surface area (Å²) in [7, 11) is 0. The summed E-state index contributed by atoms with van der Waals surface area (Å²) in [5.74, 6) is 0.865. The topological polar surface area (TPSA) is 21.7 Å². The minimum atomic E-state index is 0.716. The molecule has 3 nitrogen and oxygen atoms in total. The SMILES string of the molecule is C(=C(ON1CCOCC1)c1ccccc1)c1ccccc1. The van der Waals surface area contributed by atoms with Crippen molar-refractivity contribution >= 4 is 11.8 Å². The van der Waals surface area contributed by atoms with E-state index in [0.29, 0.717) is 13.2 Å². The second-order valence-electron chi connectivity index (χ2n) is 4.92. The lowest BCUT2D eigenvalue weighted by atomic mass is 10.1. The molecule has 0 saturated carbocycles. The third kappa shape index (κ3) is 3.94. The Morgan fingerprint density at radius 3 is 2.19 bits per heavy atom. The molecule has 21 heavy (non-hydrogen) atoms. The Balaban J connectivity index is 1.85. The van der Waals surface area contributed by atoms with Gasteiger partial charge < -0.3 is 9.57 Å². The van der Waals surface area contributed by atoms with E-state index in [1.165, 1.54) is 0 Å². The minimum Gasteiger partial charge on any atom is -0.405 e. The summed E-state index contributed by atoms with van der Waals surface area (Å²) in [6.07, 6.45) is 2.07. The Morgan fingerprint density at radius 1 is 0.905 bits per heavy atom. The van der Waals surface area contributed by atoms with Crippen LogP contribution in [0.15, 0.2) is 60.7 Å². The van der Waals surface area contributed by atoms with Gasteiger partial charge in [-0.05, 0) is 11.6 Å². The van der Waals surface area contributed by atoms with Crippen LogP contribution >= 0.6 is 0 Å². The van der Waals surface area contributed by atoms with Gasteiger partial charge in [-0.15, -0.1) is 5.06 Å². The third-order valence-corrected chi connectivity index (χ3v) is 3.35. The molecule has 1 saturated heterocycles. The van der Waals surface area contributed by atoms with Crippen molar-refractivity contribution in [3.05, 3.63) is 71.8 Å². The lowest BCUT2D eigenvalue weighted by Crippen LogP contribution is -2.35. The molecule has 0 atom stereocenters. The van der Waals surface area contributed by atoms with Crippen LogP contribution in [0.5, 0.6) is 0 Å². The lowest BCUT2D eigenvalue weighted by Gasteiger charge is -2.27. The van der Waals surface area contributed by atoms with Gasteiger partial charge >= 0.3 is 0 Å². The van der Waals surface area contributed by atoms with Crippen LogP contribution < -0.4 is 0 Å². The van der Waals surface area contributed by atoms with Gasteiger partial charge in [0, 0.05) is 5.56 Å². The van der Waals surface area contributed by atoms with Crippen molar-refractivity contribution in [1.29, 1.82) is 0 Å². The van der Waals surface area contributed by atoms with E-state index in [9.17, 15) is 0 Å². The molecule has 0 N–H and O–H groups in total. The van der Waals surface area contributed by atoms with E-state index in [0.717, 1.165) is 30.0 Å². The number of nitrogens with zero attached hydrogens (tertiary/aromatic N) is 1. The maximum atomic E-state index is 6.10. The molecular weight excluding hydrogens is 262 g/mol. The predicted octanol–water partition coefficient (Wildman–Crippen LogP) is 3.45. The van der Waals surface area contributed by atoms with Gasteiger partial charge in [-0.1, -0.05) is 60.7 Å². The van der Waals surface area contributed by atoms with E-state index < -0.39 is 0 Å². The standard InChI is InChI=1S/C18H19NO2/c1-3-7-16(8-4-1)15-18(17-9-5-2-6-10-17)21-19-11-13-20-14-12-19/h1-10,15H,11-14H2. The fourth-order valence-corrected chi connectivity index (χ4v) is 2.24. The molecule has 3 heteroatoms. The lowest BCUT2D eigenvalue weighted by molar-refractivity contribution is -0.138. The molecule has 3 rings (SSSR count). The fraction of sp³-hybridized carbons (Fsp3) is 0.222. The highest BCUT2D eigenvalue weighted by molar-refractivity contribution is 5.77. The van der Waals surface area contributed by atoms with Crippen molar-refractivity contribution < 1.29 is 9.57 Å². The first-order valence-corrected chi connectivity index (χ1v) is 7.25. The van der Waals surface area contributed by atoms with E-state index in [2.05, 4.69) is 30.3 Å². The molecule has 0 spiro atoms. The average molecular weight is 281 g/mol. The van der Waals surface area contributed by atoms with Crippen molar-refractivity contribution in [1.82, 2.24) is 5.06 Å². The molecule has 1 fully saturated rings. The van der Waals surface area contributed by atoms with E-state index >= 15 is 0 Å². The fourth-order valence-electron chi connectivity index (χ4n) is 2.24. The van der Waals surface area contributed by atoms with Crippen LogP contribution in [0.1, 0.15) is 11.1 Å². The van der Waals surface area contributed by atoms with Crippen LogP contribution in [-0.4, -0.2) is 31.4 Å². The van der Waals surface area contributed by atoms with Crippen LogP contribution in [0.25, 0.3) is 11.8 Å². The normalized spacial score (nSPS) is 16.7. The van der Waals surface area contributed by atoms with Crippen LogP contribution in [-0.2, 0) is 9.57 Å².